The number of unbranched alkanes of at least 4 members (excludes halogenated alkanes) is 2. The molecule has 2 aliphatic carbocycles. The number of ether oxygens (including phenoxy) is 1. The van der Waals surface area contributed by atoms with Gasteiger partial charge in [0.15, 0.2) is 0 Å². The van der Waals surface area contributed by atoms with E-state index in [1.165, 1.54) is 82.1 Å². The number of rotatable bonds is 7. The van der Waals surface area contributed by atoms with E-state index in [2.05, 4.69) is 19.1 Å². The largest absolute Gasteiger partial charge is 0.459 e. The fourth-order valence-electron chi connectivity index (χ4n) is 4.90. The van der Waals surface area contributed by atoms with Crippen LogP contribution in [0.25, 0.3) is 0 Å². The first-order chi connectivity index (χ1) is 13.7. The second kappa shape index (κ2) is 10.8. The highest BCUT2D eigenvalue weighted by Crippen LogP contribution is 2.41. The molecule has 154 valence electrons. The molecule has 28 heavy (non-hydrogen) atoms. The molecule has 2 saturated carbocycles. The van der Waals surface area contributed by atoms with Crippen molar-refractivity contribution in [3.05, 3.63) is 47.8 Å². The molecule has 0 saturated heterocycles. The minimum absolute atomic E-state index is 0.0200. The molecule has 3 heteroatoms. The third kappa shape index (κ3) is 6.18. The maximum atomic E-state index is 13.0. The summed E-state index contributed by atoms with van der Waals surface area (Å²) in [6.07, 6.45) is 18.4. The zero-order chi connectivity index (χ0) is 19.8. The standard InChI is InChI=1S/C25H35FO2/c1-2-3-4-5-6-19-7-9-20(10-8-19)21-13-17-24(18-14-21)28-25(27)22-11-15-23(26)16-12-22/h5-6,11-12,15-16,19-21,24H,2-4,7-10,13-14,17-18H2,1H3. The van der Waals surface area contributed by atoms with Crippen molar-refractivity contribution in [3.63, 3.8) is 0 Å². The lowest BCUT2D eigenvalue weighted by Crippen LogP contribution is -2.29. The molecule has 3 rings (SSSR count). The van der Waals surface area contributed by atoms with Crippen LogP contribution in [-0.4, -0.2) is 12.1 Å². The number of allylic oxidation sites excluding steroid dienone is 2. The fraction of sp³-hybridized carbons (Fsp3) is 0.640. The number of esters is 1. The molecule has 0 heterocycles. The van der Waals surface area contributed by atoms with E-state index in [0.717, 1.165) is 30.6 Å². The number of hydrogen-bond donors (Lipinski definition) is 0. The molecule has 0 spiro atoms. The molecule has 0 bridgehead atoms. The van der Waals surface area contributed by atoms with E-state index < -0.39 is 0 Å². The lowest BCUT2D eigenvalue weighted by Gasteiger charge is -2.37. The van der Waals surface area contributed by atoms with E-state index in [-0.39, 0.29) is 17.9 Å². The van der Waals surface area contributed by atoms with Gasteiger partial charge in [0, 0.05) is 0 Å². The molecule has 0 amide bonds. The van der Waals surface area contributed by atoms with Crippen LogP contribution >= 0.6 is 0 Å². The van der Waals surface area contributed by atoms with Gasteiger partial charge in [-0.05, 0) is 99.8 Å². The van der Waals surface area contributed by atoms with Gasteiger partial charge in [-0.15, -0.1) is 0 Å². The van der Waals surface area contributed by atoms with Gasteiger partial charge in [-0.2, -0.15) is 0 Å². The molecule has 2 nitrogen and oxygen atoms in total. The third-order valence-corrected chi connectivity index (χ3v) is 6.69. The average molecular weight is 387 g/mol. The molecule has 0 radical (unpaired) electrons. The van der Waals surface area contributed by atoms with Crippen molar-refractivity contribution in [3.8, 4) is 0 Å². The first-order valence-electron chi connectivity index (χ1n) is 11.3. The summed E-state index contributed by atoms with van der Waals surface area (Å²) in [5, 5.41) is 0. The lowest BCUT2D eigenvalue weighted by molar-refractivity contribution is 0.0113. The topological polar surface area (TPSA) is 26.3 Å². The normalized spacial score (nSPS) is 28.4. The summed E-state index contributed by atoms with van der Waals surface area (Å²) >= 11 is 0. The van der Waals surface area contributed by atoms with Crippen molar-refractivity contribution in [2.24, 2.45) is 17.8 Å². The van der Waals surface area contributed by atoms with Crippen LogP contribution in [0.4, 0.5) is 4.39 Å². The summed E-state index contributed by atoms with van der Waals surface area (Å²) in [7, 11) is 0. The zero-order valence-corrected chi connectivity index (χ0v) is 17.2. The predicted octanol–water partition coefficient (Wildman–Crippen LogP) is 7.09. The summed E-state index contributed by atoms with van der Waals surface area (Å²) in [5.74, 6) is 1.79. The highest BCUT2D eigenvalue weighted by atomic mass is 19.1. The monoisotopic (exact) mass is 386 g/mol. The molecule has 0 aliphatic heterocycles. The summed E-state index contributed by atoms with van der Waals surface area (Å²) in [6, 6.07) is 5.61. The predicted molar refractivity (Wildman–Crippen MR) is 112 cm³/mol. The van der Waals surface area contributed by atoms with Gasteiger partial charge in [-0.3, -0.25) is 0 Å². The molecule has 1 aromatic rings. The van der Waals surface area contributed by atoms with E-state index in [1.54, 1.807) is 0 Å². The number of carbonyl (C=O) groups is 1. The van der Waals surface area contributed by atoms with Gasteiger partial charge in [0.05, 0.1) is 5.56 Å². The Bertz CT molecular complexity index is 620. The second-order valence-electron chi connectivity index (χ2n) is 8.69. The molecule has 0 unspecified atom stereocenters. The second-order valence-corrected chi connectivity index (χ2v) is 8.69. The van der Waals surface area contributed by atoms with Crippen LogP contribution in [0.2, 0.25) is 0 Å². The van der Waals surface area contributed by atoms with Crippen LogP contribution in [0.1, 0.15) is 87.9 Å². The molecule has 0 N–H and O–H groups in total. The van der Waals surface area contributed by atoms with Gasteiger partial charge in [0.25, 0.3) is 0 Å². The summed E-state index contributed by atoms with van der Waals surface area (Å²) in [5.41, 5.74) is 0.439. The van der Waals surface area contributed by atoms with E-state index in [4.69, 9.17) is 4.74 Å². The third-order valence-electron chi connectivity index (χ3n) is 6.69. The first kappa shape index (κ1) is 21.1. The molecular formula is C25H35FO2. The molecule has 2 fully saturated rings. The Hall–Kier alpha value is -1.64. The Kier molecular flexibility index (Phi) is 8.12. The van der Waals surface area contributed by atoms with Crippen LogP contribution in [0.5, 0.6) is 0 Å². The van der Waals surface area contributed by atoms with Crippen molar-refractivity contribution in [1.29, 1.82) is 0 Å². The maximum Gasteiger partial charge on any atom is 0.338 e. The molecule has 0 atom stereocenters. The van der Waals surface area contributed by atoms with Gasteiger partial charge in [-0.1, -0.05) is 31.9 Å². The summed E-state index contributed by atoms with van der Waals surface area (Å²) in [6.45, 7) is 2.25. The van der Waals surface area contributed by atoms with Crippen molar-refractivity contribution >= 4 is 5.97 Å². The molecule has 1 aromatic carbocycles. The average Bonchev–Trinajstić information content (AvgIpc) is 2.73. The number of hydrogen-bond acceptors (Lipinski definition) is 2. The Balaban J connectivity index is 1.37. The van der Waals surface area contributed by atoms with Crippen LogP contribution in [0, 0.1) is 23.6 Å². The highest BCUT2D eigenvalue weighted by Gasteiger charge is 2.31. The van der Waals surface area contributed by atoms with Crippen LogP contribution in [0.3, 0.4) is 0 Å². The minimum atomic E-state index is -0.330. The smallest absolute Gasteiger partial charge is 0.338 e. The minimum Gasteiger partial charge on any atom is -0.459 e. The lowest BCUT2D eigenvalue weighted by atomic mass is 9.70. The summed E-state index contributed by atoms with van der Waals surface area (Å²) in [4.78, 5) is 12.2. The van der Waals surface area contributed by atoms with Crippen molar-refractivity contribution < 1.29 is 13.9 Å². The van der Waals surface area contributed by atoms with Gasteiger partial charge in [-0.25, -0.2) is 9.18 Å². The van der Waals surface area contributed by atoms with E-state index >= 15 is 0 Å². The first-order valence-corrected chi connectivity index (χ1v) is 11.3. The SMILES string of the molecule is CCCCC=CC1CCC(C2CCC(OC(=O)c3ccc(F)cc3)CC2)CC1. The van der Waals surface area contributed by atoms with Crippen molar-refractivity contribution in [1.82, 2.24) is 0 Å². The van der Waals surface area contributed by atoms with E-state index in [9.17, 15) is 9.18 Å². The zero-order valence-electron chi connectivity index (χ0n) is 17.2. The Labute approximate surface area is 169 Å². The van der Waals surface area contributed by atoms with Crippen LogP contribution in [0.15, 0.2) is 36.4 Å². The molecule has 0 aromatic heterocycles. The Morgan fingerprint density at radius 1 is 1.00 bits per heavy atom. The fourth-order valence-corrected chi connectivity index (χ4v) is 4.90. The number of benzene rings is 1. The Morgan fingerprint density at radius 2 is 1.61 bits per heavy atom. The molecule has 2 aliphatic rings. The number of carbonyl (C=O) groups excluding carboxylic acids is 1. The van der Waals surface area contributed by atoms with Gasteiger partial charge in [0.2, 0.25) is 0 Å². The highest BCUT2D eigenvalue weighted by molar-refractivity contribution is 5.89. The van der Waals surface area contributed by atoms with Gasteiger partial charge < -0.3 is 4.74 Å². The number of halogens is 1. The van der Waals surface area contributed by atoms with E-state index in [0.29, 0.717) is 5.56 Å². The van der Waals surface area contributed by atoms with Crippen LogP contribution in [-0.2, 0) is 4.74 Å². The quantitative estimate of drug-likeness (QED) is 0.284. The van der Waals surface area contributed by atoms with E-state index in [1.807, 2.05) is 0 Å². The van der Waals surface area contributed by atoms with Gasteiger partial charge in [0.1, 0.15) is 11.9 Å². The van der Waals surface area contributed by atoms with Crippen molar-refractivity contribution in [2.75, 3.05) is 0 Å². The Morgan fingerprint density at radius 3 is 2.21 bits per heavy atom. The maximum absolute atomic E-state index is 13.0. The van der Waals surface area contributed by atoms with Crippen LogP contribution < -0.4 is 0 Å². The van der Waals surface area contributed by atoms with Crippen molar-refractivity contribution in [2.45, 2.75) is 83.7 Å². The molecular weight excluding hydrogens is 351 g/mol. The van der Waals surface area contributed by atoms with Gasteiger partial charge >= 0.3 is 5.97 Å². The summed E-state index contributed by atoms with van der Waals surface area (Å²) < 4.78 is 18.7.